The number of nitrogens with zero attached hydrogens (tertiary/aromatic N) is 1. The quantitative estimate of drug-likeness (QED) is 0.374. The molecule has 0 atom stereocenters. The van der Waals surface area contributed by atoms with Crippen molar-refractivity contribution in [1.82, 2.24) is 0 Å². The number of sulfone groups is 1. The van der Waals surface area contributed by atoms with E-state index in [2.05, 4.69) is 15.5 Å². The van der Waals surface area contributed by atoms with E-state index < -0.39 is 14.6 Å². The maximum Gasteiger partial charge on any atom is 0.305 e. The van der Waals surface area contributed by atoms with Crippen LogP contribution in [0, 0.1) is 18.3 Å². The largest absolute Gasteiger partial charge is 0.469 e. The molecule has 1 aromatic rings. The Hall–Kier alpha value is -2.40. The molecule has 0 N–H and O–H groups in total. The van der Waals surface area contributed by atoms with Crippen molar-refractivity contribution in [2.45, 2.75) is 67.9 Å². The van der Waals surface area contributed by atoms with Gasteiger partial charge in [-0.2, -0.15) is 5.26 Å². The van der Waals surface area contributed by atoms with Crippen LogP contribution in [0.1, 0.15) is 56.9 Å². The van der Waals surface area contributed by atoms with Crippen molar-refractivity contribution in [2.24, 2.45) is 0 Å². The second kappa shape index (κ2) is 11.6. The Morgan fingerprint density at radius 2 is 1.38 bits per heavy atom. The van der Waals surface area contributed by atoms with Crippen LogP contribution in [0.4, 0.5) is 0 Å². The lowest BCUT2D eigenvalue weighted by Crippen LogP contribution is -2.37. The van der Waals surface area contributed by atoms with Gasteiger partial charge in [0.2, 0.25) is 0 Å². The van der Waals surface area contributed by atoms with Crippen molar-refractivity contribution in [3.05, 3.63) is 29.8 Å². The highest BCUT2D eigenvalue weighted by Crippen LogP contribution is 2.35. The summed E-state index contributed by atoms with van der Waals surface area (Å²) in [6.45, 7) is 1.85. The maximum atomic E-state index is 13.4. The van der Waals surface area contributed by atoms with Crippen LogP contribution in [0.2, 0.25) is 0 Å². The van der Waals surface area contributed by atoms with E-state index in [0.717, 1.165) is 5.56 Å². The van der Waals surface area contributed by atoms with Gasteiger partial charge in [-0.1, -0.05) is 30.5 Å². The van der Waals surface area contributed by atoms with Gasteiger partial charge in [0.15, 0.2) is 14.6 Å². The molecule has 0 saturated heterocycles. The number of nitriles is 1. The Morgan fingerprint density at radius 1 is 0.931 bits per heavy atom. The van der Waals surface area contributed by atoms with Crippen molar-refractivity contribution in [3.63, 3.8) is 0 Å². The van der Waals surface area contributed by atoms with E-state index in [1.165, 1.54) is 26.4 Å². The molecule has 0 aliphatic carbocycles. The van der Waals surface area contributed by atoms with E-state index in [9.17, 15) is 23.3 Å². The molecule has 0 bridgehead atoms. The maximum absolute atomic E-state index is 13.4. The lowest BCUT2D eigenvalue weighted by Gasteiger charge is -2.27. The number of unbranched alkanes of at least 4 members (excludes halogenated alkanes) is 2. The normalized spacial score (nSPS) is 11.5. The summed E-state index contributed by atoms with van der Waals surface area (Å²) in [5.41, 5.74) is 0.919. The molecule has 0 aliphatic heterocycles. The molecule has 1 rings (SSSR count). The summed E-state index contributed by atoms with van der Waals surface area (Å²) in [6, 6.07) is 8.48. The molecule has 0 heterocycles. The summed E-state index contributed by atoms with van der Waals surface area (Å²) in [7, 11) is -1.34. The van der Waals surface area contributed by atoms with Gasteiger partial charge >= 0.3 is 11.9 Å². The molecule has 1 aromatic carbocycles. The second-order valence-corrected chi connectivity index (χ2v) is 9.25. The molecule has 0 aliphatic rings. The summed E-state index contributed by atoms with van der Waals surface area (Å²) < 4.78 is 34.3. The Balaban J connectivity index is 3.03. The Morgan fingerprint density at radius 3 is 1.76 bits per heavy atom. The predicted molar refractivity (Wildman–Crippen MR) is 108 cm³/mol. The number of hydrogen-bond acceptors (Lipinski definition) is 7. The molecule has 0 saturated carbocycles. The molecule has 29 heavy (non-hydrogen) atoms. The van der Waals surface area contributed by atoms with Gasteiger partial charge in [-0.05, 0) is 44.7 Å². The fraction of sp³-hybridized carbons (Fsp3) is 0.571. The number of hydrogen-bond donors (Lipinski definition) is 0. The van der Waals surface area contributed by atoms with Crippen LogP contribution in [0.5, 0.6) is 0 Å². The summed E-state index contributed by atoms with van der Waals surface area (Å²) in [5.74, 6) is -0.737. The molecule has 0 spiro atoms. The zero-order chi connectivity index (χ0) is 21.9. The number of carbonyl (C=O) groups is 2. The Kier molecular flexibility index (Phi) is 9.83. The molecule has 0 radical (unpaired) electrons. The standard InChI is InChI=1S/C21H29NO6S/c1-17-10-12-18(13-11-17)29(25,26)21(16-22,14-6-4-8-19(23)27-2)15-7-5-9-20(24)28-3/h10-13H,4-9,14-15H2,1-3H3. The van der Waals surface area contributed by atoms with Gasteiger partial charge in [-0.25, -0.2) is 8.42 Å². The topological polar surface area (TPSA) is 111 Å². The van der Waals surface area contributed by atoms with Crippen LogP contribution in [-0.2, 0) is 28.9 Å². The van der Waals surface area contributed by atoms with Crippen molar-refractivity contribution < 1.29 is 27.5 Å². The van der Waals surface area contributed by atoms with Crippen LogP contribution < -0.4 is 0 Å². The first-order valence-corrected chi connectivity index (χ1v) is 11.1. The van der Waals surface area contributed by atoms with Crippen LogP contribution in [0.15, 0.2) is 29.2 Å². The Labute approximate surface area is 172 Å². The molecule has 7 nitrogen and oxygen atoms in total. The van der Waals surface area contributed by atoms with Crippen LogP contribution >= 0.6 is 0 Å². The van der Waals surface area contributed by atoms with E-state index >= 15 is 0 Å². The fourth-order valence-electron chi connectivity index (χ4n) is 3.07. The van der Waals surface area contributed by atoms with Gasteiger partial charge in [0.05, 0.1) is 25.2 Å². The number of benzene rings is 1. The highest BCUT2D eigenvalue weighted by Gasteiger charge is 2.44. The van der Waals surface area contributed by atoms with Crippen LogP contribution in [0.3, 0.4) is 0 Å². The molecule has 160 valence electrons. The molecule has 0 aromatic heterocycles. The molecule has 0 fully saturated rings. The van der Waals surface area contributed by atoms with Gasteiger partial charge in [-0.15, -0.1) is 0 Å². The first-order chi connectivity index (χ1) is 13.7. The number of rotatable bonds is 12. The minimum Gasteiger partial charge on any atom is -0.469 e. The van der Waals surface area contributed by atoms with Gasteiger partial charge in [0, 0.05) is 12.8 Å². The highest BCUT2D eigenvalue weighted by molar-refractivity contribution is 7.93. The number of ether oxygens (including phenoxy) is 2. The lowest BCUT2D eigenvalue weighted by atomic mass is 9.95. The summed E-state index contributed by atoms with van der Waals surface area (Å²) >= 11 is 0. The van der Waals surface area contributed by atoms with E-state index in [-0.39, 0.29) is 42.5 Å². The third kappa shape index (κ3) is 6.86. The fourth-order valence-corrected chi connectivity index (χ4v) is 4.96. The van der Waals surface area contributed by atoms with Gasteiger partial charge in [-0.3, -0.25) is 9.59 Å². The third-order valence-electron chi connectivity index (χ3n) is 4.93. The van der Waals surface area contributed by atoms with Crippen molar-refractivity contribution >= 4 is 21.8 Å². The van der Waals surface area contributed by atoms with E-state index in [4.69, 9.17) is 0 Å². The zero-order valence-electron chi connectivity index (χ0n) is 17.3. The van der Waals surface area contributed by atoms with Crippen LogP contribution in [-0.4, -0.2) is 39.3 Å². The first kappa shape index (κ1) is 24.6. The van der Waals surface area contributed by atoms with Crippen molar-refractivity contribution in [2.75, 3.05) is 14.2 Å². The molecule has 0 unspecified atom stereocenters. The number of carbonyl (C=O) groups excluding carboxylic acids is 2. The van der Waals surface area contributed by atoms with Gasteiger partial charge in [0.25, 0.3) is 0 Å². The third-order valence-corrected chi connectivity index (χ3v) is 7.35. The first-order valence-electron chi connectivity index (χ1n) is 9.58. The molecular formula is C21H29NO6S. The monoisotopic (exact) mass is 423 g/mol. The second-order valence-electron chi connectivity index (χ2n) is 6.99. The van der Waals surface area contributed by atoms with E-state index in [1.54, 1.807) is 12.1 Å². The number of methoxy groups -OCH3 is 2. The number of esters is 2. The van der Waals surface area contributed by atoms with E-state index in [0.29, 0.717) is 25.7 Å². The summed E-state index contributed by atoms with van der Waals surface area (Å²) in [4.78, 5) is 22.7. The van der Waals surface area contributed by atoms with Crippen molar-refractivity contribution in [3.8, 4) is 6.07 Å². The SMILES string of the molecule is COC(=O)CCCCC(C#N)(CCCCC(=O)OC)S(=O)(=O)c1ccc(C)cc1. The molecule has 0 amide bonds. The van der Waals surface area contributed by atoms with Gasteiger partial charge < -0.3 is 9.47 Å². The lowest BCUT2D eigenvalue weighted by molar-refractivity contribution is -0.141. The smallest absolute Gasteiger partial charge is 0.305 e. The summed E-state index contributed by atoms with van der Waals surface area (Å²) in [6.07, 6.45) is 2.21. The van der Waals surface area contributed by atoms with Gasteiger partial charge in [0.1, 0.15) is 0 Å². The van der Waals surface area contributed by atoms with E-state index in [1.807, 2.05) is 6.92 Å². The minimum atomic E-state index is -3.94. The predicted octanol–water partition coefficient (Wildman–Crippen LogP) is 3.50. The number of aryl methyl sites for hydroxylation is 1. The molecule has 8 heteroatoms. The summed E-state index contributed by atoms with van der Waals surface area (Å²) in [5, 5.41) is 9.93. The van der Waals surface area contributed by atoms with Crippen LogP contribution in [0.25, 0.3) is 0 Å². The zero-order valence-corrected chi connectivity index (χ0v) is 18.1. The average molecular weight is 424 g/mol. The van der Waals surface area contributed by atoms with Crippen molar-refractivity contribution in [1.29, 1.82) is 5.26 Å². The minimum absolute atomic E-state index is 0.102. The Bertz CT molecular complexity index is 800. The molecular weight excluding hydrogens is 394 g/mol. The highest BCUT2D eigenvalue weighted by atomic mass is 32.2. The average Bonchev–Trinajstić information content (AvgIpc) is 2.72.